The number of carbonyl (C=O) groups is 2. The highest BCUT2D eigenvalue weighted by atomic mass is 35.5. The van der Waals surface area contributed by atoms with E-state index in [0.717, 1.165) is 25.7 Å². The molecule has 0 rings (SSSR count). The molecule has 0 saturated carbocycles. The molecule has 64 valence electrons. The van der Waals surface area contributed by atoms with E-state index in [1.54, 1.807) is 0 Å². The van der Waals surface area contributed by atoms with Gasteiger partial charge in [0.05, 0.1) is 0 Å². The van der Waals surface area contributed by atoms with Gasteiger partial charge in [0, 0.05) is 6.42 Å². The number of Topliss-reactive ketones (excluding diaryl/α,β-unsaturated/α-hetero) is 1. The Hall–Kier alpha value is -0.370. The predicted molar refractivity (Wildman–Crippen MR) is 44.6 cm³/mol. The topological polar surface area (TPSA) is 34.1 Å². The zero-order valence-electron chi connectivity index (χ0n) is 6.73. The van der Waals surface area contributed by atoms with Crippen molar-refractivity contribution in [2.45, 2.75) is 39.0 Å². The van der Waals surface area contributed by atoms with E-state index in [0.29, 0.717) is 6.42 Å². The van der Waals surface area contributed by atoms with Crippen molar-refractivity contribution in [1.29, 1.82) is 0 Å². The SMILES string of the molecule is CCCCCCC(=O)C(=O)Cl. The molecule has 0 heterocycles. The van der Waals surface area contributed by atoms with Crippen LogP contribution in [0.25, 0.3) is 0 Å². The van der Waals surface area contributed by atoms with Crippen molar-refractivity contribution >= 4 is 22.6 Å². The zero-order chi connectivity index (χ0) is 8.69. The molecule has 0 aromatic rings. The fourth-order valence-corrected chi connectivity index (χ4v) is 0.905. The van der Waals surface area contributed by atoms with Crippen LogP contribution in [0.3, 0.4) is 0 Å². The van der Waals surface area contributed by atoms with Gasteiger partial charge in [0.25, 0.3) is 5.24 Å². The van der Waals surface area contributed by atoms with E-state index in [9.17, 15) is 9.59 Å². The predicted octanol–water partition coefficient (Wildman–Crippen LogP) is 2.29. The third-order valence-electron chi connectivity index (χ3n) is 1.48. The van der Waals surface area contributed by atoms with Crippen LogP contribution in [0.5, 0.6) is 0 Å². The minimum Gasteiger partial charge on any atom is -0.289 e. The lowest BCUT2D eigenvalue weighted by atomic mass is 10.1. The second-order valence-corrected chi connectivity index (χ2v) is 2.85. The maximum absolute atomic E-state index is 10.6. The van der Waals surface area contributed by atoms with E-state index in [4.69, 9.17) is 11.6 Å². The minimum atomic E-state index is -0.832. The molecule has 0 aliphatic carbocycles. The highest BCUT2D eigenvalue weighted by Gasteiger charge is 2.08. The molecule has 0 amide bonds. The Kier molecular flexibility index (Phi) is 6.13. The van der Waals surface area contributed by atoms with E-state index in [-0.39, 0.29) is 0 Å². The molecule has 0 aliphatic rings. The molecule has 0 aromatic carbocycles. The summed E-state index contributed by atoms with van der Waals surface area (Å²) in [6.45, 7) is 2.09. The molecule has 0 bridgehead atoms. The van der Waals surface area contributed by atoms with E-state index in [1.165, 1.54) is 0 Å². The summed E-state index contributed by atoms with van der Waals surface area (Å²) in [6, 6.07) is 0. The van der Waals surface area contributed by atoms with Gasteiger partial charge >= 0.3 is 0 Å². The largest absolute Gasteiger partial charge is 0.289 e. The van der Waals surface area contributed by atoms with Crippen LogP contribution < -0.4 is 0 Å². The van der Waals surface area contributed by atoms with Gasteiger partial charge in [-0.3, -0.25) is 9.59 Å². The van der Waals surface area contributed by atoms with Gasteiger partial charge in [-0.2, -0.15) is 0 Å². The standard InChI is InChI=1S/C8H13ClO2/c1-2-3-4-5-6-7(10)8(9)11/h2-6H2,1H3. The van der Waals surface area contributed by atoms with Crippen molar-refractivity contribution < 1.29 is 9.59 Å². The molecule has 2 nitrogen and oxygen atoms in total. The second kappa shape index (κ2) is 6.35. The van der Waals surface area contributed by atoms with Crippen LogP contribution in [-0.2, 0) is 9.59 Å². The third kappa shape index (κ3) is 6.05. The van der Waals surface area contributed by atoms with Crippen molar-refractivity contribution in [2.75, 3.05) is 0 Å². The summed E-state index contributed by atoms with van der Waals surface area (Å²) in [4.78, 5) is 20.8. The smallest absolute Gasteiger partial charge is 0.288 e. The highest BCUT2D eigenvalue weighted by molar-refractivity contribution is 6.81. The Bertz CT molecular complexity index is 143. The lowest BCUT2D eigenvalue weighted by Gasteiger charge is -1.94. The van der Waals surface area contributed by atoms with Gasteiger partial charge in [0.2, 0.25) is 5.78 Å². The lowest BCUT2D eigenvalue weighted by molar-refractivity contribution is -0.132. The Labute approximate surface area is 71.9 Å². The molecule has 0 saturated heterocycles. The maximum atomic E-state index is 10.6. The summed E-state index contributed by atoms with van der Waals surface area (Å²) in [5.74, 6) is -0.456. The fourth-order valence-electron chi connectivity index (χ4n) is 0.811. The van der Waals surface area contributed by atoms with Gasteiger partial charge < -0.3 is 0 Å². The first-order chi connectivity index (χ1) is 5.18. The molecule has 0 aliphatic heterocycles. The number of halogens is 1. The first-order valence-electron chi connectivity index (χ1n) is 3.91. The van der Waals surface area contributed by atoms with Crippen LogP contribution in [0.1, 0.15) is 39.0 Å². The van der Waals surface area contributed by atoms with Gasteiger partial charge in [-0.1, -0.05) is 26.2 Å². The van der Waals surface area contributed by atoms with Crippen LogP contribution in [0.4, 0.5) is 0 Å². The first kappa shape index (κ1) is 10.6. The molecule has 0 spiro atoms. The molecule has 3 heteroatoms. The van der Waals surface area contributed by atoms with Gasteiger partial charge in [0.1, 0.15) is 0 Å². The lowest BCUT2D eigenvalue weighted by Crippen LogP contribution is -2.05. The van der Waals surface area contributed by atoms with Gasteiger partial charge in [-0.05, 0) is 18.0 Å². The second-order valence-electron chi connectivity index (χ2n) is 2.51. The zero-order valence-corrected chi connectivity index (χ0v) is 7.49. The van der Waals surface area contributed by atoms with E-state index in [1.807, 2.05) is 0 Å². The highest BCUT2D eigenvalue weighted by Crippen LogP contribution is 2.03. The maximum Gasteiger partial charge on any atom is 0.288 e. The Balaban J connectivity index is 3.25. The van der Waals surface area contributed by atoms with Crippen LogP contribution in [0.15, 0.2) is 0 Å². The fraction of sp³-hybridized carbons (Fsp3) is 0.750. The van der Waals surface area contributed by atoms with Crippen LogP contribution in [-0.4, -0.2) is 11.0 Å². The van der Waals surface area contributed by atoms with E-state index < -0.39 is 11.0 Å². The normalized spacial score (nSPS) is 9.64. The van der Waals surface area contributed by atoms with Crippen molar-refractivity contribution in [1.82, 2.24) is 0 Å². The summed E-state index contributed by atoms with van der Waals surface area (Å²) < 4.78 is 0. The third-order valence-corrected chi connectivity index (χ3v) is 1.69. The van der Waals surface area contributed by atoms with Gasteiger partial charge in [0.15, 0.2) is 0 Å². The molecule has 0 atom stereocenters. The number of unbranched alkanes of at least 4 members (excludes halogenated alkanes) is 3. The van der Waals surface area contributed by atoms with Crippen molar-refractivity contribution in [3.8, 4) is 0 Å². The Morgan fingerprint density at radius 1 is 1.18 bits per heavy atom. The van der Waals surface area contributed by atoms with E-state index >= 15 is 0 Å². The van der Waals surface area contributed by atoms with Crippen LogP contribution in [0.2, 0.25) is 0 Å². The van der Waals surface area contributed by atoms with Gasteiger partial charge in [-0.15, -0.1) is 0 Å². The number of hydrogen-bond acceptors (Lipinski definition) is 2. The summed E-state index contributed by atoms with van der Waals surface area (Å²) in [7, 11) is 0. The summed E-state index contributed by atoms with van der Waals surface area (Å²) in [5.41, 5.74) is 0. The molecule has 0 aromatic heterocycles. The van der Waals surface area contributed by atoms with Crippen molar-refractivity contribution in [2.24, 2.45) is 0 Å². The molecular weight excluding hydrogens is 164 g/mol. The van der Waals surface area contributed by atoms with Crippen LogP contribution >= 0.6 is 11.6 Å². The van der Waals surface area contributed by atoms with Crippen molar-refractivity contribution in [3.63, 3.8) is 0 Å². The minimum absolute atomic E-state index is 0.308. The molecule has 0 fully saturated rings. The van der Waals surface area contributed by atoms with Gasteiger partial charge in [-0.25, -0.2) is 0 Å². The average molecular weight is 177 g/mol. The van der Waals surface area contributed by atoms with E-state index in [2.05, 4.69) is 6.92 Å². The number of carbonyl (C=O) groups excluding carboxylic acids is 2. The van der Waals surface area contributed by atoms with Crippen molar-refractivity contribution in [3.05, 3.63) is 0 Å². The summed E-state index contributed by atoms with van der Waals surface area (Å²) in [6.07, 6.45) is 4.34. The number of hydrogen-bond donors (Lipinski definition) is 0. The molecule has 0 unspecified atom stereocenters. The number of ketones is 1. The molecular formula is C8H13ClO2. The Morgan fingerprint density at radius 2 is 1.82 bits per heavy atom. The quantitative estimate of drug-likeness (QED) is 0.354. The molecule has 11 heavy (non-hydrogen) atoms. The first-order valence-corrected chi connectivity index (χ1v) is 4.29. The average Bonchev–Trinajstić information content (AvgIpc) is 1.97. The summed E-state index contributed by atoms with van der Waals surface area (Å²) in [5, 5.41) is -0.832. The molecule has 0 radical (unpaired) electrons. The summed E-state index contributed by atoms with van der Waals surface area (Å²) >= 11 is 4.95. The molecule has 0 N–H and O–H groups in total. The van der Waals surface area contributed by atoms with Crippen LogP contribution in [0, 0.1) is 0 Å². The Morgan fingerprint density at radius 3 is 2.27 bits per heavy atom. The monoisotopic (exact) mass is 176 g/mol. The number of rotatable bonds is 6.